The number of hydrogen-bond donors (Lipinski definition) is 0. The normalized spacial score (nSPS) is 39.8. The van der Waals surface area contributed by atoms with Gasteiger partial charge in [0.05, 0.1) is 0 Å². The summed E-state index contributed by atoms with van der Waals surface area (Å²) in [4.78, 5) is 14.9. The monoisotopic (exact) mass is 171 g/mol. The second-order valence-electron chi connectivity index (χ2n) is 3.96. The van der Waals surface area contributed by atoms with Crippen molar-refractivity contribution in [1.29, 1.82) is 0 Å². The molecule has 1 fully saturated rings. The molecule has 1 aliphatic rings. The Labute approximate surface area is 73.5 Å². The van der Waals surface area contributed by atoms with Crippen LogP contribution < -0.4 is 0 Å². The second-order valence-corrected chi connectivity index (χ2v) is 3.96. The first-order chi connectivity index (χ1) is 5.49. The van der Waals surface area contributed by atoms with Gasteiger partial charge >= 0.3 is 0 Å². The molecule has 70 valence electrons. The summed E-state index contributed by atoms with van der Waals surface area (Å²) in [6.45, 7) is 5.71. The lowest BCUT2D eigenvalue weighted by atomic mass is 10.1. The fraction of sp³-hybridized carbons (Fsp3) is 1.00. The number of piperazine rings is 1. The number of hydrogen-bond acceptors (Lipinski definition) is 4. The summed E-state index contributed by atoms with van der Waals surface area (Å²) >= 11 is 0. The van der Waals surface area contributed by atoms with Gasteiger partial charge in [-0.05, 0) is 33.1 Å². The number of nitroso groups, excluding NO2 is 1. The first kappa shape index (κ1) is 9.61. The minimum absolute atomic E-state index is 0.395. The minimum Gasteiger partial charge on any atom is -0.301 e. The summed E-state index contributed by atoms with van der Waals surface area (Å²) in [5.74, 6) is 0. The third kappa shape index (κ3) is 1.49. The van der Waals surface area contributed by atoms with Crippen LogP contribution in [0.25, 0.3) is 0 Å². The molecule has 0 bridgehead atoms. The molecule has 0 amide bonds. The van der Waals surface area contributed by atoms with Crippen LogP contribution in [0.5, 0.6) is 0 Å². The van der Waals surface area contributed by atoms with Crippen molar-refractivity contribution >= 4 is 0 Å². The fourth-order valence-corrected chi connectivity index (χ4v) is 1.83. The van der Waals surface area contributed by atoms with Crippen LogP contribution in [0, 0.1) is 4.91 Å². The highest BCUT2D eigenvalue weighted by molar-refractivity contribution is 4.92. The quantitative estimate of drug-likeness (QED) is 0.546. The second kappa shape index (κ2) is 3.11. The SMILES string of the molecule is CC1CN(C)CC(C)(N=O)N1C. The van der Waals surface area contributed by atoms with E-state index in [9.17, 15) is 4.91 Å². The van der Waals surface area contributed by atoms with E-state index in [4.69, 9.17) is 0 Å². The zero-order chi connectivity index (χ0) is 9.35. The van der Waals surface area contributed by atoms with Gasteiger partial charge in [-0.3, -0.25) is 4.90 Å². The maximum absolute atomic E-state index is 10.7. The molecule has 0 aromatic carbocycles. The zero-order valence-corrected chi connectivity index (χ0v) is 8.24. The van der Waals surface area contributed by atoms with Crippen LogP contribution in [0.4, 0.5) is 0 Å². The molecule has 1 rings (SSSR count). The molecule has 1 aliphatic heterocycles. The van der Waals surface area contributed by atoms with Gasteiger partial charge < -0.3 is 4.90 Å². The van der Waals surface area contributed by atoms with E-state index in [1.165, 1.54) is 0 Å². The van der Waals surface area contributed by atoms with Gasteiger partial charge in [-0.2, -0.15) is 0 Å². The van der Waals surface area contributed by atoms with Gasteiger partial charge in [-0.15, -0.1) is 4.91 Å². The summed E-state index contributed by atoms with van der Waals surface area (Å²) in [5, 5.41) is 3.20. The molecule has 0 aromatic heterocycles. The van der Waals surface area contributed by atoms with Gasteiger partial charge in [-0.25, -0.2) is 0 Å². The van der Waals surface area contributed by atoms with Crippen molar-refractivity contribution < 1.29 is 0 Å². The average Bonchev–Trinajstić information content (AvgIpc) is 2.00. The van der Waals surface area contributed by atoms with Crippen molar-refractivity contribution in [2.75, 3.05) is 27.2 Å². The highest BCUT2D eigenvalue weighted by Gasteiger charge is 2.39. The third-order valence-corrected chi connectivity index (χ3v) is 2.76. The molecule has 1 saturated heterocycles. The van der Waals surface area contributed by atoms with Crippen molar-refractivity contribution in [2.24, 2.45) is 5.18 Å². The van der Waals surface area contributed by atoms with Crippen LogP contribution >= 0.6 is 0 Å². The molecular weight excluding hydrogens is 154 g/mol. The number of rotatable bonds is 1. The van der Waals surface area contributed by atoms with E-state index < -0.39 is 5.66 Å². The molecule has 4 nitrogen and oxygen atoms in total. The van der Waals surface area contributed by atoms with Crippen LogP contribution in [0.2, 0.25) is 0 Å². The Kier molecular flexibility index (Phi) is 2.49. The highest BCUT2D eigenvalue weighted by Crippen LogP contribution is 2.23. The highest BCUT2D eigenvalue weighted by atomic mass is 16.3. The van der Waals surface area contributed by atoms with E-state index in [0.717, 1.165) is 13.1 Å². The maximum atomic E-state index is 10.7. The lowest BCUT2D eigenvalue weighted by molar-refractivity contribution is 0.00556. The molecule has 4 heteroatoms. The Morgan fingerprint density at radius 1 is 1.50 bits per heavy atom. The molecule has 12 heavy (non-hydrogen) atoms. The lowest BCUT2D eigenvalue weighted by Gasteiger charge is -2.45. The van der Waals surface area contributed by atoms with Crippen LogP contribution in [-0.4, -0.2) is 48.7 Å². The summed E-state index contributed by atoms with van der Waals surface area (Å²) in [5.41, 5.74) is -0.549. The Hall–Kier alpha value is -0.480. The van der Waals surface area contributed by atoms with Crippen molar-refractivity contribution in [2.45, 2.75) is 25.6 Å². The Morgan fingerprint density at radius 2 is 2.08 bits per heavy atom. The molecule has 2 unspecified atom stereocenters. The van der Waals surface area contributed by atoms with E-state index in [1.54, 1.807) is 0 Å². The summed E-state index contributed by atoms with van der Waals surface area (Å²) in [6.07, 6.45) is 0. The molecule has 0 saturated carbocycles. The standard InChI is InChI=1S/C8H17N3O/c1-7-5-10(3)6-8(2,9-12)11(7)4/h7H,5-6H2,1-4H3. The molecule has 0 spiro atoms. The zero-order valence-electron chi connectivity index (χ0n) is 8.24. The molecule has 1 heterocycles. The molecule has 2 atom stereocenters. The van der Waals surface area contributed by atoms with Crippen molar-refractivity contribution in [3.63, 3.8) is 0 Å². The van der Waals surface area contributed by atoms with Gasteiger partial charge in [0.1, 0.15) is 0 Å². The van der Waals surface area contributed by atoms with E-state index in [2.05, 4.69) is 17.0 Å². The molecular formula is C8H17N3O. The van der Waals surface area contributed by atoms with E-state index in [1.807, 2.05) is 25.9 Å². The van der Waals surface area contributed by atoms with Crippen LogP contribution in [0.1, 0.15) is 13.8 Å². The minimum atomic E-state index is -0.549. The number of likely N-dealkylation sites (N-methyl/N-ethyl adjacent to an activating group) is 2. The topological polar surface area (TPSA) is 35.9 Å². The summed E-state index contributed by atoms with van der Waals surface area (Å²) in [6, 6.07) is 0.395. The van der Waals surface area contributed by atoms with E-state index >= 15 is 0 Å². The van der Waals surface area contributed by atoms with Gasteiger partial charge in [0, 0.05) is 19.1 Å². The Balaban J connectivity index is 2.79. The largest absolute Gasteiger partial charge is 0.301 e. The van der Waals surface area contributed by atoms with Crippen molar-refractivity contribution in [3.8, 4) is 0 Å². The summed E-state index contributed by atoms with van der Waals surface area (Å²) in [7, 11) is 3.98. The smallest absolute Gasteiger partial charge is 0.165 e. The van der Waals surface area contributed by atoms with E-state index in [0.29, 0.717) is 6.04 Å². The Bertz CT molecular complexity index is 185. The van der Waals surface area contributed by atoms with Gasteiger partial charge in [-0.1, -0.05) is 0 Å². The average molecular weight is 171 g/mol. The fourth-order valence-electron chi connectivity index (χ4n) is 1.83. The first-order valence-corrected chi connectivity index (χ1v) is 4.25. The van der Waals surface area contributed by atoms with Gasteiger partial charge in [0.25, 0.3) is 0 Å². The predicted molar refractivity (Wildman–Crippen MR) is 48.9 cm³/mol. The van der Waals surface area contributed by atoms with E-state index in [-0.39, 0.29) is 0 Å². The van der Waals surface area contributed by atoms with Crippen LogP contribution in [0.15, 0.2) is 5.18 Å². The van der Waals surface area contributed by atoms with Gasteiger partial charge in [0.2, 0.25) is 0 Å². The predicted octanol–water partition coefficient (Wildman–Crippen LogP) is 0.735. The molecule has 0 N–H and O–H groups in total. The van der Waals surface area contributed by atoms with Gasteiger partial charge in [0.15, 0.2) is 5.66 Å². The maximum Gasteiger partial charge on any atom is 0.165 e. The van der Waals surface area contributed by atoms with Crippen molar-refractivity contribution in [3.05, 3.63) is 4.91 Å². The first-order valence-electron chi connectivity index (χ1n) is 4.25. The van der Waals surface area contributed by atoms with Crippen molar-refractivity contribution in [1.82, 2.24) is 9.80 Å². The molecule has 0 radical (unpaired) electrons. The molecule has 0 aromatic rings. The lowest BCUT2D eigenvalue weighted by Crippen LogP contribution is -2.60. The van der Waals surface area contributed by atoms with Crippen LogP contribution in [0.3, 0.4) is 0 Å². The van der Waals surface area contributed by atoms with Crippen LogP contribution in [-0.2, 0) is 0 Å². The Morgan fingerprint density at radius 3 is 2.58 bits per heavy atom. The third-order valence-electron chi connectivity index (χ3n) is 2.76. The summed E-state index contributed by atoms with van der Waals surface area (Å²) < 4.78 is 0. The molecule has 0 aliphatic carbocycles. The number of nitrogens with zero attached hydrogens (tertiary/aromatic N) is 3.